The number of unbranched alkanes of at least 4 members (excludes halogenated alkanes) is 3. The molecule has 3 heteroatoms. The third kappa shape index (κ3) is 4.99. The molecule has 72 valence electrons. The number of hydrogen-bond acceptors (Lipinski definition) is 2. The summed E-state index contributed by atoms with van der Waals surface area (Å²) in [5, 5.41) is 11.4. The maximum atomic E-state index is 8.37. The van der Waals surface area contributed by atoms with Gasteiger partial charge in [0.15, 0.2) is 0 Å². The van der Waals surface area contributed by atoms with Crippen molar-refractivity contribution in [1.29, 1.82) is 0 Å². The SMILES string of the molecule is CCCCCC[C@H](C)C(N)=NO. The summed E-state index contributed by atoms with van der Waals surface area (Å²) in [6.07, 6.45) is 5.97. The molecule has 0 unspecified atom stereocenters. The fourth-order valence-corrected chi connectivity index (χ4v) is 1.12. The predicted octanol–water partition coefficient (Wildman–Crippen LogP) is 2.34. The first kappa shape index (κ1) is 11.3. The second-order valence-corrected chi connectivity index (χ2v) is 3.28. The lowest BCUT2D eigenvalue weighted by Gasteiger charge is -2.08. The topological polar surface area (TPSA) is 58.6 Å². The smallest absolute Gasteiger partial charge is 0.141 e. The number of amidine groups is 1. The zero-order valence-corrected chi connectivity index (χ0v) is 8.08. The molecule has 1 atom stereocenters. The van der Waals surface area contributed by atoms with E-state index in [4.69, 9.17) is 10.9 Å². The zero-order chi connectivity index (χ0) is 9.40. The molecule has 0 saturated heterocycles. The second kappa shape index (κ2) is 6.95. The Labute approximate surface area is 74.6 Å². The molecule has 0 aliphatic rings. The van der Waals surface area contributed by atoms with Crippen LogP contribution in [0.4, 0.5) is 0 Å². The molecule has 0 fully saturated rings. The van der Waals surface area contributed by atoms with E-state index in [1.165, 1.54) is 25.7 Å². The monoisotopic (exact) mass is 172 g/mol. The summed E-state index contributed by atoms with van der Waals surface area (Å²) in [7, 11) is 0. The van der Waals surface area contributed by atoms with E-state index < -0.39 is 0 Å². The fraction of sp³-hybridized carbons (Fsp3) is 0.889. The van der Waals surface area contributed by atoms with Crippen LogP contribution >= 0.6 is 0 Å². The number of oxime groups is 1. The van der Waals surface area contributed by atoms with Crippen molar-refractivity contribution in [3.05, 3.63) is 0 Å². The lowest BCUT2D eigenvalue weighted by Crippen LogP contribution is -2.21. The summed E-state index contributed by atoms with van der Waals surface area (Å²) in [6.45, 7) is 4.17. The van der Waals surface area contributed by atoms with Crippen molar-refractivity contribution in [1.82, 2.24) is 0 Å². The molecule has 0 aromatic rings. The minimum Gasteiger partial charge on any atom is -0.409 e. The van der Waals surface area contributed by atoms with Gasteiger partial charge < -0.3 is 10.9 Å². The fourth-order valence-electron chi connectivity index (χ4n) is 1.12. The Morgan fingerprint density at radius 2 is 2.08 bits per heavy atom. The van der Waals surface area contributed by atoms with Gasteiger partial charge in [-0.15, -0.1) is 0 Å². The largest absolute Gasteiger partial charge is 0.409 e. The van der Waals surface area contributed by atoms with E-state index in [1.54, 1.807) is 0 Å². The highest BCUT2D eigenvalue weighted by Gasteiger charge is 2.05. The van der Waals surface area contributed by atoms with Crippen LogP contribution in [-0.4, -0.2) is 11.0 Å². The first-order valence-corrected chi connectivity index (χ1v) is 4.69. The first-order valence-electron chi connectivity index (χ1n) is 4.69. The molecule has 0 aliphatic carbocycles. The minimum atomic E-state index is 0.215. The third-order valence-electron chi connectivity index (χ3n) is 2.11. The molecule has 0 heterocycles. The van der Waals surface area contributed by atoms with Crippen LogP contribution in [0, 0.1) is 5.92 Å². The van der Waals surface area contributed by atoms with E-state index in [1.807, 2.05) is 6.92 Å². The molecule has 0 spiro atoms. The van der Waals surface area contributed by atoms with Gasteiger partial charge in [0, 0.05) is 5.92 Å². The van der Waals surface area contributed by atoms with Crippen LogP contribution in [0.25, 0.3) is 0 Å². The molecular weight excluding hydrogens is 152 g/mol. The number of hydrogen-bond donors (Lipinski definition) is 2. The molecule has 0 aromatic carbocycles. The zero-order valence-electron chi connectivity index (χ0n) is 8.08. The van der Waals surface area contributed by atoms with Gasteiger partial charge in [-0.3, -0.25) is 0 Å². The van der Waals surface area contributed by atoms with Gasteiger partial charge in [0.25, 0.3) is 0 Å². The number of nitrogens with two attached hydrogens (primary N) is 1. The quantitative estimate of drug-likeness (QED) is 0.212. The molecule has 3 nitrogen and oxygen atoms in total. The molecule has 0 amide bonds. The van der Waals surface area contributed by atoms with Gasteiger partial charge >= 0.3 is 0 Å². The van der Waals surface area contributed by atoms with Gasteiger partial charge in [-0.25, -0.2) is 0 Å². The summed E-state index contributed by atoms with van der Waals surface area (Å²) < 4.78 is 0. The molecule has 0 aromatic heterocycles. The molecule has 3 N–H and O–H groups in total. The third-order valence-corrected chi connectivity index (χ3v) is 2.11. The van der Waals surface area contributed by atoms with Crippen molar-refractivity contribution in [2.75, 3.05) is 0 Å². The normalized spacial score (nSPS) is 14.7. The summed E-state index contributed by atoms with van der Waals surface area (Å²) >= 11 is 0. The molecule has 0 rings (SSSR count). The Morgan fingerprint density at radius 3 is 2.58 bits per heavy atom. The van der Waals surface area contributed by atoms with Crippen molar-refractivity contribution >= 4 is 5.84 Å². The molecule has 0 bridgehead atoms. The predicted molar refractivity (Wildman–Crippen MR) is 51.3 cm³/mol. The Hall–Kier alpha value is -0.730. The van der Waals surface area contributed by atoms with Crippen LogP contribution < -0.4 is 5.73 Å². The maximum absolute atomic E-state index is 8.37. The van der Waals surface area contributed by atoms with Crippen molar-refractivity contribution < 1.29 is 5.21 Å². The highest BCUT2D eigenvalue weighted by molar-refractivity contribution is 5.81. The van der Waals surface area contributed by atoms with E-state index in [-0.39, 0.29) is 5.92 Å². The van der Waals surface area contributed by atoms with Crippen molar-refractivity contribution in [3.8, 4) is 0 Å². The Morgan fingerprint density at radius 1 is 1.42 bits per heavy atom. The average molecular weight is 172 g/mol. The van der Waals surface area contributed by atoms with Crippen LogP contribution in [0.15, 0.2) is 5.16 Å². The van der Waals surface area contributed by atoms with Crippen molar-refractivity contribution in [2.24, 2.45) is 16.8 Å². The van der Waals surface area contributed by atoms with Crippen molar-refractivity contribution in [2.45, 2.75) is 46.0 Å². The lowest BCUT2D eigenvalue weighted by atomic mass is 10.0. The lowest BCUT2D eigenvalue weighted by molar-refractivity contribution is 0.313. The Bertz CT molecular complexity index is 134. The van der Waals surface area contributed by atoms with Gasteiger partial charge in [0.05, 0.1) is 0 Å². The highest BCUT2D eigenvalue weighted by Crippen LogP contribution is 2.10. The van der Waals surface area contributed by atoms with Gasteiger partial charge in [-0.1, -0.05) is 44.7 Å². The maximum Gasteiger partial charge on any atom is 0.141 e. The summed E-state index contributed by atoms with van der Waals surface area (Å²) in [4.78, 5) is 0. The molecular formula is C9H20N2O. The van der Waals surface area contributed by atoms with E-state index >= 15 is 0 Å². The van der Waals surface area contributed by atoms with E-state index in [2.05, 4.69) is 12.1 Å². The van der Waals surface area contributed by atoms with Crippen LogP contribution in [0.2, 0.25) is 0 Å². The second-order valence-electron chi connectivity index (χ2n) is 3.28. The van der Waals surface area contributed by atoms with Gasteiger partial charge in [-0.2, -0.15) is 0 Å². The van der Waals surface area contributed by atoms with Crippen LogP contribution in [0.3, 0.4) is 0 Å². The minimum absolute atomic E-state index is 0.215. The Kier molecular flexibility index (Phi) is 6.53. The molecule has 12 heavy (non-hydrogen) atoms. The highest BCUT2D eigenvalue weighted by atomic mass is 16.4. The Balaban J connectivity index is 3.37. The van der Waals surface area contributed by atoms with E-state index in [0.29, 0.717) is 5.84 Å². The van der Waals surface area contributed by atoms with Gasteiger partial charge in [0.2, 0.25) is 0 Å². The van der Waals surface area contributed by atoms with E-state index in [0.717, 1.165) is 6.42 Å². The van der Waals surface area contributed by atoms with Crippen LogP contribution in [0.5, 0.6) is 0 Å². The standard InChI is InChI=1S/C9H20N2O/c1-3-4-5-6-7-8(2)9(10)11-12/h8,12H,3-7H2,1-2H3,(H2,10,11)/t8-/m0/s1. The number of nitrogens with zero attached hydrogens (tertiary/aromatic N) is 1. The average Bonchev–Trinajstić information content (AvgIpc) is 2.10. The molecule has 0 saturated carbocycles. The van der Waals surface area contributed by atoms with Crippen LogP contribution in [0.1, 0.15) is 46.0 Å². The van der Waals surface area contributed by atoms with Gasteiger partial charge in [0.1, 0.15) is 5.84 Å². The number of rotatable bonds is 6. The van der Waals surface area contributed by atoms with Crippen molar-refractivity contribution in [3.63, 3.8) is 0 Å². The summed E-state index contributed by atoms with van der Waals surface area (Å²) in [5.74, 6) is 0.568. The summed E-state index contributed by atoms with van der Waals surface area (Å²) in [6, 6.07) is 0. The van der Waals surface area contributed by atoms with Gasteiger partial charge in [-0.05, 0) is 6.42 Å². The molecule has 0 aliphatic heterocycles. The molecule has 0 radical (unpaired) electrons. The summed E-state index contributed by atoms with van der Waals surface area (Å²) in [5.41, 5.74) is 5.43. The first-order chi connectivity index (χ1) is 5.72. The van der Waals surface area contributed by atoms with E-state index in [9.17, 15) is 0 Å². The van der Waals surface area contributed by atoms with Crippen LogP contribution in [-0.2, 0) is 0 Å².